The molecule has 1 heterocycles. The standard InChI is InChI=1S/C12H14N2O2/c1-8-10(6-14-7-12(13)15)9-4-2-3-5-11(9)16-8/h2-5,14H,6-7H2,1H3,(H2,13,15). The molecule has 2 rings (SSSR count). The van der Waals surface area contributed by atoms with E-state index in [1.807, 2.05) is 31.2 Å². The fourth-order valence-electron chi connectivity index (χ4n) is 1.75. The van der Waals surface area contributed by atoms with Crippen LogP contribution in [-0.2, 0) is 11.3 Å². The zero-order valence-electron chi connectivity index (χ0n) is 9.12. The molecule has 0 fully saturated rings. The highest BCUT2D eigenvalue weighted by molar-refractivity contribution is 5.82. The predicted octanol–water partition coefficient (Wildman–Crippen LogP) is 1.32. The average Bonchev–Trinajstić information content (AvgIpc) is 2.55. The van der Waals surface area contributed by atoms with Crippen molar-refractivity contribution in [3.63, 3.8) is 0 Å². The molecule has 0 atom stereocenters. The molecule has 2 aromatic rings. The van der Waals surface area contributed by atoms with E-state index in [-0.39, 0.29) is 12.5 Å². The van der Waals surface area contributed by atoms with Crippen LogP contribution in [0.4, 0.5) is 0 Å². The predicted molar refractivity (Wildman–Crippen MR) is 61.9 cm³/mol. The van der Waals surface area contributed by atoms with Crippen LogP contribution in [-0.4, -0.2) is 12.5 Å². The van der Waals surface area contributed by atoms with Crippen molar-refractivity contribution in [3.8, 4) is 0 Å². The Balaban J connectivity index is 2.22. The van der Waals surface area contributed by atoms with Crippen LogP contribution in [0.15, 0.2) is 28.7 Å². The minimum atomic E-state index is -0.356. The largest absolute Gasteiger partial charge is 0.461 e. The maximum absolute atomic E-state index is 10.6. The van der Waals surface area contributed by atoms with Crippen LogP contribution < -0.4 is 11.1 Å². The summed E-state index contributed by atoms with van der Waals surface area (Å²) < 4.78 is 5.60. The Hall–Kier alpha value is -1.81. The number of nitrogens with one attached hydrogen (secondary N) is 1. The minimum Gasteiger partial charge on any atom is -0.461 e. The number of para-hydroxylation sites is 1. The molecule has 3 N–H and O–H groups in total. The molecule has 16 heavy (non-hydrogen) atoms. The number of nitrogens with two attached hydrogens (primary N) is 1. The van der Waals surface area contributed by atoms with Crippen LogP contribution in [0.25, 0.3) is 11.0 Å². The molecule has 4 heteroatoms. The molecule has 0 aliphatic carbocycles. The number of carbonyl (C=O) groups is 1. The van der Waals surface area contributed by atoms with Crippen LogP contribution in [0.2, 0.25) is 0 Å². The zero-order valence-corrected chi connectivity index (χ0v) is 9.12. The Labute approximate surface area is 93.4 Å². The van der Waals surface area contributed by atoms with Crippen molar-refractivity contribution in [3.05, 3.63) is 35.6 Å². The first kappa shape index (κ1) is 10.7. The summed E-state index contributed by atoms with van der Waals surface area (Å²) in [6.45, 7) is 2.69. The molecule has 0 aliphatic rings. The monoisotopic (exact) mass is 218 g/mol. The summed E-state index contributed by atoms with van der Waals surface area (Å²) in [5.41, 5.74) is 7.01. The fourth-order valence-corrected chi connectivity index (χ4v) is 1.75. The molecule has 0 saturated heterocycles. The van der Waals surface area contributed by atoms with E-state index in [4.69, 9.17) is 10.2 Å². The second-order valence-corrected chi connectivity index (χ2v) is 3.70. The van der Waals surface area contributed by atoms with Gasteiger partial charge < -0.3 is 15.5 Å². The number of hydrogen-bond acceptors (Lipinski definition) is 3. The summed E-state index contributed by atoms with van der Waals surface area (Å²) >= 11 is 0. The van der Waals surface area contributed by atoms with E-state index in [9.17, 15) is 4.79 Å². The number of benzene rings is 1. The van der Waals surface area contributed by atoms with Gasteiger partial charge in [-0.2, -0.15) is 0 Å². The molecule has 0 bridgehead atoms. The van der Waals surface area contributed by atoms with Crippen molar-refractivity contribution < 1.29 is 9.21 Å². The molecule has 1 aromatic carbocycles. The Morgan fingerprint density at radius 2 is 2.19 bits per heavy atom. The van der Waals surface area contributed by atoms with E-state index in [1.165, 1.54) is 0 Å². The molecule has 0 spiro atoms. The summed E-state index contributed by atoms with van der Waals surface area (Å²) in [5, 5.41) is 4.07. The van der Waals surface area contributed by atoms with Crippen molar-refractivity contribution in [2.45, 2.75) is 13.5 Å². The highest BCUT2D eigenvalue weighted by Gasteiger charge is 2.09. The number of fused-ring (bicyclic) bond motifs is 1. The molecule has 0 unspecified atom stereocenters. The lowest BCUT2D eigenvalue weighted by Crippen LogP contribution is -2.28. The Kier molecular flexibility index (Phi) is 2.92. The second-order valence-electron chi connectivity index (χ2n) is 3.70. The number of aryl methyl sites for hydroxylation is 1. The number of primary amides is 1. The molecular formula is C12H14N2O2. The van der Waals surface area contributed by atoms with Gasteiger partial charge >= 0.3 is 0 Å². The van der Waals surface area contributed by atoms with Crippen molar-refractivity contribution in [2.24, 2.45) is 5.73 Å². The van der Waals surface area contributed by atoms with Crippen molar-refractivity contribution in [1.29, 1.82) is 0 Å². The van der Waals surface area contributed by atoms with E-state index in [0.717, 1.165) is 22.3 Å². The third-order valence-electron chi connectivity index (χ3n) is 2.50. The van der Waals surface area contributed by atoms with Gasteiger partial charge in [-0.05, 0) is 13.0 Å². The highest BCUT2D eigenvalue weighted by atomic mass is 16.3. The molecule has 0 radical (unpaired) electrons. The third kappa shape index (κ3) is 2.06. The number of furan rings is 1. The molecule has 0 saturated carbocycles. The number of hydrogen-bond donors (Lipinski definition) is 2. The normalized spacial score (nSPS) is 10.8. The summed E-state index contributed by atoms with van der Waals surface area (Å²) in [6, 6.07) is 7.84. The first-order chi connectivity index (χ1) is 7.68. The van der Waals surface area contributed by atoms with Crippen molar-refractivity contribution in [2.75, 3.05) is 6.54 Å². The van der Waals surface area contributed by atoms with E-state index in [2.05, 4.69) is 5.32 Å². The van der Waals surface area contributed by atoms with Gasteiger partial charge in [-0.3, -0.25) is 4.79 Å². The van der Waals surface area contributed by atoms with Gasteiger partial charge in [0.15, 0.2) is 0 Å². The lowest BCUT2D eigenvalue weighted by atomic mass is 10.1. The Morgan fingerprint density at radius 1 is 1.44 bits per heavy atom. The molecule has 4 nitrogen and oxygen atoms in total. The van der Waals surface area contributed by atoms with Crippen LogP contribution in [0, 0.1) is 6.92 Å². The van der Waals surface area contributed by atoms with Gasteiger partial charge in [0.05, 0.1) is 6.54 Å². The lowest BCUT2D eigenvalue weighted by molar-refractivity contribution is -0.117. The Morgan fingerprint density at radius 3 is 2.94 bits per heavy atom. The first-order valence-corrected chi connectivity index (χ1v) is 5.14. The summed E-state index contributed by atoms with van der Waals surface area (Å²) in [6.07, 6.45) is 0. The van der Waals surface area contributed by atoms with Gasteiger partial charge in [-0.15, -0.1) is 0 Å². The van der Waals surface area contributed by atoms with Gasteiger partial charge in [0, 0.05) is 17.5 Å². The summed E-state index contributed by atoms with van der Waals surface area (Å²) in [5.74, 6) is 0.517. The highest BCUT2D eigenvalue weighted by Crippen LogP contribution is 2.24. The number of carbonyl (C=O) groups excluding carboxylic acids is 1. The zero-order chi connectivity index (χ0) is 11.5. The van der Waals surface area contributed by atoms with Crippen molar-refractivity contribution in [1.82, 2.24) is 5.32 Å². The maximum Gasteiger partial charge on any atom is 0.231 e. The topological polar surface area (TPSA) is 68.3 Å². The van der Waals surface area contributed by atoms with Gasteiger partial charge in [-0.1, -0.05) is 18.2 Å². The molecule has 1 aromatic heterocycles. The van der Waals surface area contributed by atoms with Crippen LogP contribution in [0.3, 0.4) is 0 Å². The van der Waals surface area contributed by atoms with E-state index in [1.54, 1.807) is 0 Å². The lowest BCUT2D eigenvalue weighted by Gasteiger charge is -2.01. The SMILES string of the molecule is Cc1oc2ccccc2c1CNCC(N)=O. The van der Waals surface area contributed by atoms with E-state index in [0.29, 0.717) is 6.54 Å². The van der Waals surface area contributed by atoms with E-state index >= 15 is 0 Å². The van der Waals surface area contributed by atoms with Crippen molar-refractivity contribution >= 4 is 16.9 Å². The average molecular weight is 218 g/mol. The molecule has 1 amide bonds. The smallest absolute Gasteiger partial charge is 0.231 e. The molecule has 0 aliphatic heterocycles. The number of amides is 1. The summed E-state index contributed by atoms with van der Waals surface area (Å²) in [7, 11) is 0. The first-order valence-electron chi connectivity index (χ1n) is 5.14. The fraction of sp³-hybridized carbons (Fsp3) is 0.250. The van der Waals surface area contributed by atoms with Gasteiger partial charge in [0.2, 0.25) is 5.91 Å². The minimum absolute atomic E-state index is 0.180. The van der Waals surface area contributed by atoms with Gasteiger partial charge in [0.25, 0.3) is 0 Å². The maximum atomic E-state index is 10.6. The number of rotatable bonds is 4. The molecule has 84 valence electrons. The second kappa shape index (κ2) is 4.37. The Bertz CT molecular complexity index is 517. The molecular weight excluding hydrogens is 204 g/mol. The van der Waals surface area contributed by atoms with E-state index < -0.39 is 0 Å². The quantitative estimate of drug-likeness (QED) is 0.813. The summed E-state index contributed by atoms with van der Waals surface area (Å²) in [4.78, 5) is 10.6. The van der Waals surface area contributed by atoms with Gasteiger partial charge in [-0.25, -0.2) is 0 Å². The van der Waals surface area contributed by atoms with Crippen LogP contribution >= 0.6 is 0 Å². The van der Waals surface area contributed by atoms with Crippen LogP contribution in [0.1, 0.15) is 11.3 Å². The van der Waals surface area contributed by atoms with Crippen LogP contribution in [0.5, 0.6) is 0 Å². The van der Waals surface area contributed by atoms with Gasteiger partial charge in [0.1, 0.15) is 11.3 Å². The third-order valence-corrected chi connectivity index (χ3v) is 2.50.